The van der Waals surface area contributed by atoms with Gasteiger partial charge in [0, 0.05) is 19.6 Å². The highest BCUT2D eigenvalue weighted by molar-refractivity contribution is 7.89. The molecule has 30 heavy (non-hydrogen) atoms. The molecule has 0 bridgehead atoms. The first-order chi connectivity index (χ1) is 14.4. The maximum absolute atomic E-state index is 13.5. The third kappa shape index (κ3) is 4.00. The number of ether oxygens (including phenoxy) is 1. The van der Waals surface area contributed by atoms with Gasteiger partial charge in [-0.25, -0.2) is 17.8 Å². The molecule has 4 rings (SSSR count). The Labute approximate surface area is 179 Å². The molecule has 2 aromatic carbocycles. The van der Waals surface area contributed by atoms with Gasteiger partial charge < -0.3 is 9.30 Å². The molecule has 0 saturated carbocycles. The van der Waals surface area contributed by atoms with Crippen LogP contribution in [0.25, 0.3) is 22.1 Å². The Bertz CT molecular complexity index is 1220. The number of imidazole rings is 1. The summed E-state index contributed by atoms with van der Waals surface area (Å²) in [5, 5.41) is 0.344. The largest absolute Gasteiger partial charge is 0.379 e. The zero-order chi connectivity index (χ0) is 21.3. The van der Waals surface area contributed by atoms with Crippen LogP contribution in [0.2, 0.25) is 0 Å². The standard InChI is InChI=1S/C21H21ClFN3O3S/c1-2-26-20-7-6-17(30(27,28)25-8-10-29-11-9-25)14-19(20)24-21(26)18(22)13-15-4-3-5-16(23)12-15/h3-7,12-14H,2,8-11H2,1H3/b18-13-. The number of hydrogen-bond donors (Lipinski definition) is 0. The molecule has 0 radical (unpaired) electrons. The first-order valence-electron chi connectivity index (χ1n) is 9.61. The van der Waals surface area contributed by atoms with Gasteiger partial charge in [0.05, 0.1) is 34.2 Å². The minimum Gasteiger partial charge on any atom is -0.379 e. The molecule has 0 aliphatic carbocycles. The summed E-state index contributed by atoms with van der Waals surface area (Å²) < 4.78 is 48.0. The lowest BCUT2D eigenvalue weighted by Crippen LogP contribution is -2.40. The molecule has 0 amide bonds. The molecule has 1 fully saturated rings. The predicted octanol–water partition coefficient (Wildman–Crippen LogP) is 3.95. The van der Waals surface area contributed by atoms with E-state index >= 15 is 0 Å². The summed E-state index contributed by atoms with van der Waals surface area (Å²) in [5.41, 5.74) is 1.93. The highest BCUT2D eigenvalue weighted by Gasteiger charge is 2.27. The quantitative estimate of drug-likeness (QED) is 0.591. The summed E-state index contributed by atoms with van der Waals surface area (Å²) >= 11 is 6.51. The monoisotopic (exact) mass is 449 g/mol. The van der Waals surface area contributed by atoms with Gasteiger partial charge in [0.1, 0.15) is 5.82 Å². The van der Waals surface area contributed by atoms with Gasteiger partial charge in [-0.3, -0.25) is 0 Å². The molecular formula is C21H21ClFN3O3S. The molecule has 3 aromatic rings. The molecule has 6 nitrogen and oxygen atoms in total. The van der Waals surface area contributed by atoms with E-state index in [1.807, 2.05) is 11.5 Å². The van der Waals surface area contributed by atoms with Crippen LogP contribution in [0.5, 0.6) is 0 Å². The Morgan fingerprint density at radius 3 is 2.70 bits per heavy atom. The number of aromatic nitrogens is 2. The van der Waals surface area contributed by atoms with Crippen molar-refractivity contribution < 1.29 is 17.5 Å². The second kappa shape index (κ2) is 8.47. The molecule has 0 spiro atoms. The number of rotatable bonds is 5. The molecule has 1 aliphatic heterocycles. The number of fused-ring (bicyclic) bond motifs is 1. The maximum atomic E-state index is 13.5. The van der Waals surface area contributed by atoms with E-state index in [-0.39, 0.29) is 10.7 Å². The van der Waals surface area contributed by atoms with E-state index in [0.717, 1.165) is 5.52 Å². The van der Waals surface area contributed by atoms with Crippen molar-refractivity contribution in [1.29, 1.82) is 0 Å². The summed E-state index contributed by atoms with van der Waals surface area (Å²) in [7, 11) is -3.62. The van der Waals surface area contributed by atoms with Crippen LogP contribution >= 0.6 is 11.6 Å². The number of benzene rings is 2. The van der Waals surface area contributed by atoms with Gasteiger partial charge in [-0.2, -0.15) is 4.31 Å². The molecule has 1 aliphatic rings. The Hall–Kier alpha value is -2.26. The second-order valence-electron chi connectivity index (χ2n) is 6.89. The molecule has 2 heterocycles. The van der Waals surface area contributed by atoms with Gasteiger partial charge in [-0.1, -0.05) is 23.7 Å². The number of nitrogens with zero attached hydrogens (tertiary/aromatic N) is 3. The first kappa shape index (κ1) is 21.0. The molecule has 0 N–H and O–H groups in total. The van der Waals surface area contributed by atoms with Crippen molar-refractivity contribution in [2.24, 2.45) is 0 Å². The van der Waals surface area contributed by atoms with E-state index in [9.17, 15) is 12.8 Å². The summed E-state index contributed by atoms with van der Waals surface area (Å²) in [4.78, 5) is 4.77. The van der Waals surface area contributed by atoms with Crippen LogP contribution in [-0.2, 0) is 21.3 Å². The summed E-state index contributed by atoms with van der Waals surface area (Å²) in [6.45, 7) is 3.98. The van der Waals surface area contributed by atoms with Crippen LogP contribution < -0.4 is 0 Å². The van der Waals surface area contributed by atoms with Crippen molar-refractivity contribution >= 4 is 43.8 Å². The van der Waals surface area contributed by atoms with Crippen molar-refractivity contribution in [2.45, 2.75) is 18.4 Å². The van der Waals surface area contributed by atoms with Crippen LogP contribution in [0.4, 0.5) is 4.39 Å². The van der Waals surface area contributed by atoms with Gasteiger partial charge >= 0.3 is 0 Å². The number of aryl methyl sites for hydroxylation is 1. The van der Waals surface area contributed by atoms with E-state index in [0.29, 0.717) is 54.8 Å². The Morgan fingerprint density at radius 1 is 1.23 bits per heavy atom. The molecule has 9 heteroatoms. The summed E-state index contributed by atoms with van der Waals surface area (Å²) in [6.07, 6.45) is 1.64. The average Bonchev–Trinajstić information content (AvgIpc) is 3.12. The fourth-order valence-corrected chi connectivity index (χ4v) is 5.21. The van der Waals surface area contributed by atoms with Crippen LogP contribution in [0.3, 0.4) is 0 Å². The van der Waals surface area contributed by atoms with Crippen molar-refractivity contribution in [1.82, 2.24) is 13.9 Å². The highest BCUT2D eigenvalue weighted by Crippen LogP contribution is 2.28. The van der Waals surface area contributed by atoms with E-state index < -0.39 is 10.0 Å². The Morgan fingerprint density at radius 2 is 2.00 bits per heavy atom. The SMILES string of the molecule is CCn1c(/C(Cl)=C/c2cccc(F)c2)nc2cc(S(=O)(=O)N3CCOCC3)ccc21. The lowest BCUT2D eigenvalue weighted by Gasteiger charge is -2.26. The molecule has 158 valence electrons. The maximum Gasteiger partial charge on any atom is 0.243 e. The minimum absolute atomic E-state index is 0.189. The zero-order valence-corrected chi connectivity index (χ0v) is 18.0. The van der Waals surface area contributed by atoms with Gasteiger partial charge in [0.15, 0.2) is 5.82 Å². The Balaban J connectivity index is 1.75. The normalized spacial score (nSPS) is 16.3. The van der Waals surface area contributed by atoms with Crippen LogP contribution in [0.1, 0.15) is 18.3 Å². The third-order valence-corrected chi connectivity index (χ3v) is 7.17. The predicted molar refractivity (Wildman–Crippen MR) is 115 cm³/mol. The minimum atomic E-state index is -3.62. The van der Waals surface area contributed by atoms with Crippen molar-refractivity contribution in [3.05, 3.63) is 59.7 Å². The fraction of sp³-hybridized carbons (Fsp3) is 0.286. The van der Waals surface area contributed by atoms with E-state index in [1.54, 1.807) is 36.4 Å². The smallest absolute Gasteiger partial charge is 0.243 e. The lowest BCUT2D eigenvalue weighted by molar-refractivity contribution is 0.0730. The zero-order valence-electron chi connectivity index (χ0n) is 16.4. The van der Waals surface area contributed by atoms with Crippen molar-refractivity contribution in [3.8, 4) is 0 Å². The number of hydrogen-bond acceptors (Lipinski definition) is 4. The molecule has 1 saturated heterocycles. The van der Waals surface area contributed by atoms with E-state index in [2.05, 4.69) is 4.98 Å². The van der Waals surface area contributed by atoms with Crippen LogP contribution in [0.15, 0.2) is 47.4 Å². The lowest BCUT2D eigenvalue weighted by atomic mass is 10.2. The van der Waals surface area contributed by atoms with Crippen molar-refractivity contribution in [3.63, 3.8) is 0 Å². The first-order valence-corrected chi connectivity index (χ1v) is 11.4. The van der Waals surface area contributed by atoms with E-state index in [1.165, 1.54) is 16.4 Å². The Kier molecular flexibility index (Phi) is 5.92. The highest BCUT2D eigenvalue weighted by atomic mass is 35.5. The van der Waals surface area contributed by atoms with Crippen molar-refractivity contribution in [2.75, 3.05) is 26.3 Å². The van der Waals surface area contributed by atoms with Gasteiger partial charge in [-0.15, -0.1) is 0 Å². The fourth-order valence-electron chi connectivity index (χ4n) is 3.52. The molecule has 0 atom stereocenters. The average molecular weight is 450 g/mol. The third-order valence-electron chi connectivity index (χ3n) is 5.00. The van der Waals surface area contributed by atoms with Gasteiger partial charge in [-0.05, 0) is 48.9 Å². The van der Waals surface area contributed by atoms with E-state index in [4.69, 9.17) is 16.3 Å². The number of sulfonamides is 1. The van der Waals surface area contributed by atoms with Crippen LogP contribution in [-0.4, -0.2) is 48.6 Å². The topological polar surface area (TPSA) is 64.4 Å². The van der Waals surface area contributed by atoms with Gasteiger partial charge in [0.25, 0.3) is 0 Å². The number of halogens is 2. The van der Waals surface area contributed by atoms with Crippen LogP contribution in [0, 0.1) is 5.82 Å². The molecular weight excluding hydrogens is 429 g/mol. The second-order valence-corrected chi connectivity index (χ2v) is 9.24. The number of morpholine rings is 1. The summed E-state index contributed by atoms with van der Waals surface area (Å²) in [6, 6.07) is 11.0. The molecule has 1 aromatic heterocycles. The summed E-state index contributed by atoms with van der Waals surface area (Å²) in [5.74, 6) is 0.148. The van der Waals surface area contributed by atoms with Gasteiger partial charge in [0.2, 0.25) is 10.0 Å². The molecule has 0 unspecified atom stereocenters.